The SMILES string of the molecule is CCOc1ccccc1C(N)c1oc2ccccc2c1C. The van der Waals surface area contributed by atoms with Crippen LogP contribution in [0.1, 0.15) is 29.9 Å². The topological polar surface area (TPSA) is 48.4 Å². The van der Waals surface area contributed by atoms with Crippen molar-refractivity contribution < 1.29 is 9.15 Å². The van der Waals surface area contributed by atoms with Crippen LogP contribution < -0.4 is 10.5 Å². The summed E-state index contributed by atoms with van der Waals surface area (Å²) < 4.78 is 11.6. The number of rotatable bonds is 4. The molecule has 1 atom stereocenters. The van der Waals surface area contributed by atoms with E-state index < -0.39 is 0 Å². The zero-order chi connectivity index (χ0) is 14.8. The summed E-state index contributed by atoms with van der Waals surface area (Å²) in [6, 6.07) is 15.5. The zero-order valence-corrected chi connectivity index (χ0v) is 12.3. The maximum atomic E-state index is 6.44. The van der Waals surface area contributed by atoms with E-state index in [0.29, 0.717) is 6.61 Å². The van der Waals surface area contributed by atoms with E-state index in [0.717, 1.165) is 33.6 Å². The second-order valence-corrected chi connectivity index (χ2v) is 5.04. The summed E-state index contributed by atoms with van der Waals surface area (Å²) in [4.78, 5) is 0. The molecule has 0 fully saturated rings. The van der Waals surface area contributed by atoms with E-state index in [1.165, 1.54) is 0 Å². The van der Waals surface area contributed by atoms with Crippen LogP contribution in [0, 0.1) is 6.92 Å². The first-order chi connectivity index (χ1) is 10.2. The summed E-state index contributed by atoms with van der Waals surface area (Å²) in [5, 5.41) is 1.11. The Balaban J connectivity index is 2.08. The van der Waals surface area contributed by atoms with Crippen LogP contribution in [0.2, 0.25) is 0 Å². The third-order valence-electron chi connectivity index (χ3n) is 3.72. The van der Waals surface area contributed by atoms with Gasteiger partial charge in [0.25, 0.3) is 0 Å². The molecule has 0 aliphatic carbocycles. The highest BCUT2D eigenvalue weighted by atomic mass is 16.5. The van der Waals surface area contributed by atoms with Gasteiger partial charge in [0.15, 0.2) is 0 Å². The van der Waals surface area contributed by atoms with Crippen LogP contribution in [-0.2, 0) is 0 Å². The summed E-state index contributed by atoms with van der Waals surface area (Å²) in [6.45, 7) is 4.63. The molecule has 0 radical (unpaired) electrons. The molecule has 3 rings (SSSR count). The van der Waals surface area contributed by atoms with Crippen LogP contribution in [0.5, 0.6) is 5.75 Å². The van der Waals surface area contributed by atoms with Crippen LogP contribution in [0.15, 0.2) is 52.9 Å². The maximum Gasteiger partial charge on any atom is 0.134 e. The van der Waals surface area contributed by atoms with Gasteiger partial charge in [0, 0.05) is 16.5 Å². The van der Waals surface area contributed by atoms with Gasteiger partial charge < -0.3 is 14.9 Å². The highest BCUT2D eigenvalue weighted by molar-refractivity contribution is 5.82. The molecule has 108 valence electrons. The molecule has 1 unspecified atom stereocenters. The minimum Gasteiger partial charge on any atom is -0.494 e. The number of hydrogen-bond donors (Lipinski definition) is 1. The number of nitrogens with two attached hydrogens (primary N) is 1. The van der Waals surface area contributed by atoms with Crippen molar-refractivity contribution in [1.82, 2.24) is 0 Å². The van der Waals surface area contributed by atoms with E-state index in [1.807, 2.05) is 56.3 Å². The summed E-state index contributed by atoms with van der Waals surface area (Å²) >= 11 is 0. The van der Waals surface area contributed by atoms with Crippen molar-refractivity contribution in [3.63, 3.8) is 0 Å². The van der Waals surface area contributed by atoms with Gasteiger partial charge in [-0.2, -0.15) is 0 Å². The van der Waals surface area contributed by atoms with Crippen LogP contribution in [0.4, 0.5) is 0 Å². The molecule has 1 aromatic heterocycles. The molecule has 0 saturated carbocycles. The van der Waals surface area contributed by atoms with Gasteiger partial charge in [0.05, 0.1) is 12.6 Å². The van der Waals surface area contributed by atoms with Gasteiger partial charge in [0.2, 0.25) is 0 Å². The van der Waals surface area contributed by atoms with Gasteiger partial charge in [-0.3, -0.25) is 0 Å². The van der Waals surface area contributed by atoms with E-state index in [1.54, 1.807) is 0 Å². The number of fused-ring (bicyclic) bond motifs is 1. The highest BCUT2D eigenvalue weighted by Gasteiger charge is 2.21. The van der Waals surface area contributed by atoms with Crippen LogP contribution in [-0.4, -0.2) is 6.61 Å². The Labute approximate surface area is 124 Å². The molecule has 0 bridgehead atoms. The third-order valence-corrected chi connectivity index (χ3v) is 3.72. The lowest BCUT2D eigenvalue weighted by molar-refractivity contribution is 0.334. The second-order valence-electron chi connectivity index (χ2n) is 5.04. The van der Waals surface area contributed by atoms with Crippen LogP contribution in [0.3, 0.4) is 0 Å². The Morgan fingerprint density at radius 2 is 1.81 bits per heavy atom. The molecule has 0 aliphatic rings. The molecule has 21 heavy (non-hydrogen) atoms. The van der Waals surface area contributed by atoms with Gasteiger partial charge >= 0.3 is 0 Å². The normalized spacial score (nSPS) is 12.5. The summed E-state index contributed by atoms with van der Waals surface area (Å²) in [7, 11) is 0. The molecule has 3 aromatic rings. The lowest BCUT2D eigenvalue weighted by Crippen LogP contribution is -2.13. The summed E-state index contributed by atoms with van der Waals surface area (Å²) in [5.41, 5.74) is 9.34. The molecule has 3 heteroatoms. The van der Waals surface area contributed by atoms with Crippen LogP contribution in [0.25, 0.3) is 11.0 Å². The summed E-state index contributed by atoms with van der Waals surface area (Å²) in [5.74, 6) is 1.61. The van der Waals surface area contributed by atoms with Crippen LogP contribution >= 0.6 is 0 Å². The summed E-state index contributed by atoms with van der Waals surface area (Å²) in [6.07, 6.45) is 0. The monoisotopic (exact) mass is 281 g/mol. The fourth-order valence-corrected chi connectivity index (χ4v) is 2.66. The number of furan rings is 1. The van der Waals surface area contributed by atoms with Gasteiger partial charge in [-0.25, -0.2) is 0 Å². The average molecular weight is 281 g/mol. The van der Waals surface area contributed by atoms with Gasteiger partial charge in [0.1, 0.15) is 17.1 Å². The van der Waals surface area contributed by atoms with Crippen molar-refractivity contribution in [3.05, 3.63) is 65.4 Å². The Hall–Kier alpha value is -2.26. The Morgan fingerprint density at radius 3 is 2.57 bits per heavy atom. The molecular formula is C18H19NO2. The van der Waals surface area contributed by atoms with Gasteiger partial charge in [-0.05, 0) is 26.0 Å². The predicted octanol–water partition coefficient (Wildman–Crippen LogP) is 4.19. The number of benzene rings is 2. The van der Waals surface area contributed by atoms with E-state index in [-0.39, 0.29) is 6.04 Å². The quantitative estimate of drug-likeness (QED) is 0.780. The standard InChI is InChI=1S/C18H19NO2/c1-3-20-15-10-6-5-9-14(15)17(19)18-12(2)13-8-4-7-11-16(13)21-18/h4-11,17H,3,19H2,1-2H3. The van der Waals surface area contributed by atoms with E-state index in [9.17, 15) is 0 Å². The van der Waals surface area contributed by atoms with E-state index >= 15 is 0 Å². The fourth-order valence-electron chi connectivity index (χ4n) is 2.66. The first kappa shape index (κ1) is 13.7. The fraction of sp³-hybridized carbons (Fsp3) is 0.222. The van der Waals surface area contributed by atoms with E-state index in [2.05, 4.69) is 6.07 Å². The van der Waals surface area contributed by atoms with Crippen molar-refractivity contribution in [2.45, 2.75) is 19.9 Å². The van der Waals surface area contributed by atoms with Crippen molar-refractivity contribution in [2.24, 2.45) is 5.73 Å². The lowest BCUT2D eigenvalue weighted by atomic mass is 10.0. The molecule has 2 aromatic carbocycles. The third kappa shape index (κ3) is 2.41. The zero-order valence-electron chi connectivity index (χ0n) is 12.3. The molecule has 1 heterocycles. The lowest BCUT2D eigenvalue weighted by Gasteiger charge is -2.15. The highest BCUT2D eigenvalue weighted by Crippen LogP contribution is 2.34. The van der Waals surface area contributed by atoms with E-state index in [4.69, 9.17) is 14.9 Å². The first-order valence-corrected chi connectivity index (χ1v) is 7.17. The molecule has 0 amide bonds. The maximum absolute atomic E-state index is 6.44. The molecule has 3 nitrogen and oxygen atoms in total. The van der Waals surface area contributed by atoms with Gasteiger partial charge in [-0.15, -0.1) is 0 Å². The first-order valence-electron chi connectivity index (χ1n) is 7.17. The molecule has 0 spiro atoms. The Bertz CT molecular complexity index is 761. The molecule has 2 N–H and O–H groups in total. The predicted molar refractivity (Wildman–Crippen MR) is 84.6 cm³/mol. The smallest absolute Gasteiger partial charge is 0.134 e. The molecule has 0 aliphatic heterocycles. The minimum absolute atomic E-state index is 0.333. The average Bonchev–Trinajstić information content (AvgIpc) is 2.85. The van der Waals surface area contributed by atoms with Crippen molar-refractivity contribution in [1.29, 1.82) is 0 Å². The minimum atomic E-state index is -0.333. The van der Waals surface area contributed by atoms with Crippen molar-refractivity contribution in [3.8, 4) is 5.75 Å². The number of para-hydroxylation sites is 2. The Kier molecular flexibility index (Phi) is 3.67. The largest absolute Gasteiger partial charge is 0.494 e. The number of hydrogen-bond acceptors (Lipinski definition) is 3. The second kappa shape index (κ2) is 5.62. The van der Waals surface area contributed by atoms with Gasteiger partial charge in [-0.1, -0.05) is 36.4 Å². The Morgan fingerprint density at radius 1 is 1.10 bits per heavy atom. The number of ether oxygens (including phenoxy) is 1. The van der Waals surface area contributed by atoms with Crippen molar-refractivity contribution >= 4 is 11.0 Å². The number of aryl methyl sites for hydroxylation is 1. The van der Waals surface area contributed by atoms with Crippen molar-refractivity contribution in [2.75, 3.05) is 6.61 Å². The molecule has 0 saturated heterocycles. The molecular weight excluding hydrogens is 262 g/mol.